The molecule has 0 saturated carbocycles. The maximum atomic E-state index is 13.4. The highest BCUT2D eigenvalue weighted by Gasteiger charge is 2.99. The molecule has 222 valence electrons. The molecule has 1 nitrogen and oxygen atoms in total. The molecule has 0 N–H and O–H groups in total. The molecule has 0 aromatic rings. The maximum absolute atomic E-state index is 13.4. The fourth-order valence-electron chi connectivity index (χ4n) is 1.88. The van der Waals surface area contributed by atoms with Gasteiger partial charge in [-0.3, -0.25) is 4.79 Å². The summed E-state index contributed by atoms with van der Waals surface area (Å²) in [5, 5.41) is -4.14. The van der Waals surface area contributed by atoms with Gasteiger partial charge in [0.2, 0.25) is 0 Å². The lowest BCUT2D eigenvalue weighted by atomic mass is 9.85. The molecule has 0 saturated heterocycles. The number of carbonyl (C=O) groups is 1. The molecule has 0 spiro atoms. The average molecular weight is 633 g/mol. The van der Waals surface area contributed by atoms with Gasteiger partial charge in [0.1, 0.15) is 0 Å². The van der Waals surface area contributed by atoms with Gasteiger partial charge < -0.3 is 0 Å². The van der Waals surface area contributed by atoms with E-state index in [1.165, 1.54) is 0 Å². The van der Waals surface area contributed by atoms with Crippen molar-refractivity contribution in [3.05, 3.63) is 0 Å². The normalized spacial score (nSPS) is 16.8. The Balaban J connectivity index is 7.25. The number of hydrogen-bond donors (Lipinski definition) is 0. The molecule has 25 heteroatoms. The molecular formula is C12ClF23O. The topological polar surface area (TPSA) is 17.1 Å². The minimum absolute atomic E-state index is 3.63. The molecule has 0 aliphatic heterocycles. The molecular weight excluding hydrogens is 633 g/mol. The van der Waals surface area contributed by atoms with E-state index in [-0.39, 0.29) is 0 Å². The van der Waals surface area contributed by atoms with Crippen molar-refractivity contribution >= 4 is 16.8 Å². The Hall–Kier alpha value is -1.65. The van der Waals surface area contributed by atoms with Gasteiger partial charge >= 0.3 is 65.4 Å². The van der Waals surface area contributed by atoms with E-state index < -0.39 is 70.6 Å². The van der Waals surface area contributed by atoms with E-state index in [0.717, 1.165) is 0 Å². The highest BCUT2D eigenvalue weighted by Crippen LogP contribution is 2.67. The van der Waals surface area contributed by atoms with Crippen LogP contribution in [0.5, 0.6) is 0 Å². The molecule has 0 fully saturated rings. The van der Waals surface area contributed by atoms with Crippen LogP contribution in [0.25, 0.3) is 0 Å². The van der Waals surface area contributed by atoms with Gasteiger partial charge in [-0.15, -0.1) is 0 Å². The first kappa shape index (κ1) is 35.4. The fraction of sp³-hybridized carbons (Fsp3) is 0.917. The van der Waals surface area contributed by atoms with Crippen LogP contribution in [0.1, 0.15) is 0 Å². The average Bonchev–Trinajstić information content (AvgIpc) is 2.65. The number of carbonyl (C=O) groups excluding carboxylic acids is 1. The molecule has 0 rings (SSSR count). The van der Waals surface area contributed by atoms with Gasteiger partial charge in [-0.25, -0.2) is 0 Å². The number of rotatable bonds is 10. The quantitative estimate of drug-likeness (QED) is 0.179. The van der Waals surface area contributed by atoms with Crippen molar-refractivity contribution in [2.45, 2.75) is 65.4 Å². The highest BCUT2D eigenvalue weighted by molar-refractivity contribution is 6.65. The Bertz CT molecular complexity index is 881. The summed E-state index contributed by atoms with van der Waals surface area (Å²) in [4.78, 5) is 10.1. The molecule has 0 bridgehead atoms. The zero-order valence-corrected chi connectivity index (χ0v) is 16.2. The van der Waals surface area contributed by atoms with Crippen molar-refractivity contribution in [2.75, 3.05) is 0 Å². The standard InChI is InChI=1S/C12ClF23O/c13-1(37)2(14,15)3(16,17)4(18,19)5(20,21)6(22,23)7(24,25)8(26,27)9(28,29)10(30,31)11(32,33)12(34,35)36. The molecule has 0 atom stereocenters. The summed E-state index contributed by atoms with van der Waals surface area (Å²) < 4.78 is 298. The molecule has 0 amide bonds. The summed E-state index contributed by atoms with van der Waals surface area (Å²) in [5.41, 5.74) is 0. The SMILES string of the molecule is O=C(Cl)C(F)(F)C(F)(F)C(F)(F)C(F)(F)C(F)(F)C(F)(F)C(F)(F)C(F)(F)C(F)(F)C(F)(F)C(F)(F)F. The van der Waals surface area contributed by atoms with E-state index >= 15 is 0 Å². The molecule has 0 unspecified atom stereocenters. The van der Waals surface area contributed by atoms with E-state index in [0.29, 0.717) is 0 Å². The highest BCUT2D eigenvalue weighted by atomic mass is 35.5. The van der Waals surface area contributed by atoms with Crippen LogP contribution >= 0.6 is 11.6 Å². The summed E-state index contributed by atoms with van der Waals surface area (Å²) >= 11 is 3.63. The van der Waals surface area contributed by atoms with E-state index in [9.17, 15) is 106 Å². The monoisotopic (exact) mass is 632 g/mol. The van der Waals surface area contributed by atoms with Crippen molar-refractivity contribution in [2.24, 2.45) is 0 Å². The Morgan fingerprint density at radius 1 is 0.324 bits per heavy atom. The Morgan fingerprint density at radius 2 is 0.486 bits per heavy atom. The van der Waals surface area contributed by atoms with Crippen molar-refractivity contribution in [1.29, 1.82) is 0 Å². The van der Waals surface area contributed by atoms with Gasteiger partial charge in [-0.1, -0.05) is 0 Å². The van der Waals surface area contributed by atoms with Crippen molar-refractivity contribution in [3.63, 3.8) is 0 Å². The third kappa shape index (κ3) is 4.04. The van der Waals surface area contributed by atoms with Crippen LogP contribution in [-0.4, -0.2) is 70.6 Å². The predicted octanol–water partition coefficient (Wildman–Crippen LogP) is 7.67. The van der Waals surface area contributed by atoms with Gasteiger partial charge in [0, 0.05) is 0 Å². The molecule has 0 aliphatic carbocycles. The first-order valence-electron chi connectivity index (χ1n) is 7.49. The molecule has 0 aromatic carbocycles. The van der Waals surface area contributed by atoms with Crippen LogP contribution in [0.3, 0.4) is 0 Å². The van der Waals surface area contributed by atoms with E-state index in [4.69, 9.17) is 0 Å². The number of hydrogen-bond acceptors (Lipinski definition) is 1. The van der Waals surface area contributed by atoms with Gasteiger partial charge in [0.05, 0.1) is 0 Å². The second-order valence-corrected chi connectivity index (χ2v) is 6.86. The van der Waals surface area contributed by atoms with Crippen LogP contribution in [0.2, 0.25) is 0 Å². The zero-order valence-electron chi connectivity index (χ0n) is 15.5. The Labute approximate surface area is 189 Å². The second-order valence-electron chi connectivity index (χ2n) is 6.52. The van der Waals surface area contributed by atoms with Crippen LogP contribution in [0, 0.1) is 0 Å². The minimum Gasteiger partial charge on any atom is -0.274 e. The van der Waals surface area contributed by atoms with Crippen LogP contribution in [0.4, 0.5) is 101 Å². The fourth-order valence-corrected chi connectivity index (χ4v) is 2.00. The lowest BCUT2D eigenvalue weighted by Crippen LogP contribution is -2.77. The predicted molar refractivity (Wildman–Crippen MR) is 66.4 cm³/mol. The van der Waals surface area contributed by atoms with Crippen molar-refractivity contribution in [3.8, 4) is 0 Å². The van der Waals surface area contributed by atoms with Gasteiger partial charge in [-0.05, 0) is 11.6 Å². The lowest BCUT2D eigenvalue weighted by molar-refractivity contribution is -0.477. The summed E-state index contributed by atoms with van der Waals surface area (Å²) in [6.45, 7) is 0. The summed E-state index contributed by atoms with van der Waals surface area (Å²) in [6.07, 6.45) is -8.12. The number of alkyl halides is 23. The third-order valence-corrected chi connectivity index (χ3v) is 4.39. The lowest BCUT2D eigenvalue weighted by Gasteiger charge is -2.44. The maximum Gasteiger partial charge on any atom is 0.460 e. The second kappa shape index (κ2) is 8.42. The zero-order chi connectivity index (χ0) is 31.1. The van der Waals surface area contributed by atoms with Crippen LogP contribution in [0.15, 0.2) is 0 Å². The Kier molecular flexibility index (Phi) is 8.05. The summed E-state index contributed by atoms with van der Waals surface area (Å²) in [6, 6.07) is 0. The first-order valence-corrected chi connectivity index (χ1v) is 7.87. The van der Waals surface area contributed by atoms with Crippen LogP contribution < -0.4 is 0 Å². The molecule has 0 aliphatic rings. The van der Waals surface area contributed by atoms with E-state index in [2.05, 4.69) is 11.6 Å². The van der Waals surface area contributed by atoms with Gasteiger partial charge in [0.25, 0.3) is 5.24 Å². The van der Waals surface area contributed by atoms with Crippen molar-refractivity contribution in [1.82, 2.24) is 0 Å². The smallest absolute Gasteiger partial charge is 0.274 e. The molecule has 0 heterocycles. The third-order valence-electron chi connectivity index (χ3n) is 4.15. The van der Waals surface area contributed by atoms with Crippen molar-refractivity contribution < 1.29 is 106 Å². The molecule has 37 heavy (non-hydrogen) atoms. The molecule has 0 radical (unpaired) electrons. The summed E-state index contributed by atoms with van der Waals surface area (Å²) in [5.74, 6) is -89.3. The van der Waals surface area contributed by atoms with Gasteiger partial charge in [-0.2, -0.15) is 101 Å². The van der Waals surface area contributed by atoms with E-state index in [1.54, 1.807) is 0 Å². The van der Waals surface area contributed by atoms with Crippen LogP contribution in [-0.2, 0) is 4.79 Å². The van der Waals surface area contributed by atoms with E-state index in [1.807, 2.05) is 0 Å². The summed E-state index contributed by atoms with van der Waals surface area (Å²) in [7, 11) is 0. The van der Waals surface area contributed by atoms with Gasteiger partial charge in [0.15, 0.2) is 0 Å². The first-order chi connectivity index (χ1) is 15.4. The molecule has 0 aromatic heterocycles. The Morgan fingerprint density at radius 3 is 0.649 bits per heavy atom. The largest absolute Gasteiger partial charge is 0.460 e. The number of halogens is 24. The minimum atomic E-state index is -9.47.